The number of hydrogen-bond donors (Lipinski definition) is 1. The lowest BCUT2D eigenvalue weighted by Gasteiger charge is -2.17. The van der Waals surface area contributed by atoms with Gasteiger partial charge in [0.05, 0.1) is 12.2 Å². The molecule has 2 aromatic heterocycles. The molecule has 1 N–H and O–H groups in total. The van der Waals surface area contributed by atoms with Crippen LogP contribution in [-0.2, 0) is 6.54 Å². The molecule has 3 aromatic rings. The molecule has 0 saturated heterocycles. The molecule has 0 saturated carbocycles. The maximum Gasteiger partial charge on any atom is 0.269 e. The Balaban J connectivity index is 1.85. The summed E-state index contributed by atoms with van der Waals surface area (Å²) in [4.78, 5) is 21.3. The fourth-order valence-corrected chi connectivity index (χ4v) is 3.72. The zero-order chi connectivity index (χ0) is 19.3. The molecule has 0 atom stereocenters. The molecule has 138 valence electrons. The Hall–Kier alpha value is -3.02. The van der Waals surface area contributed by atoms with Crippen LogP contribution in [0.4, 0.5) is 0 Å². The van der Waals surface area contributed by atoms with Crippen molar-refractivity contribution in [2.24, 2.45) is 0 Å². The summed E-state index contributed by atoms with van der Waals surface area (Å²) in [5, 5.41) is 7.41. The van der Waals surface area contributed by atoms with Gasteiger partial charge in [0, 0.05) is 18.3 Å². The highest BCUT2D eigenvalue weighted by molar-refractivity contribution is 5.94. The fourth-order valence-electron chi connectivity index (χ4n) is 3.72. The molecule has 0 aliphatic carbocycles. The number of carbonyl (C=O) groups excluding carboxylic acids is 1. The average Bonchev–Trinajstić information content (AvgIpc) is 3.11. The molecule has 0 bridgehead atoms. The lowest BCUT2D eigenvalue weighted by atomic mass is 9.89. The third-order valence-corrected chi connectivity index (χ3v) is 5.76. The van der Waals surface area contributed by atoms with Gasteiger partial charge in [0.15, 0.2) is 5.82 Å². The zero-order valence-electron chi connectivity index (χ0n) is 16.3. The van der Waals surface area contributed by atoms with E-state index < -0.39 is 0 Å². The second-order valence-electron chi connectivity index (χ2n) is 7.16. The molecule has 1 amide bonds. The summed E-state index contributed by atoms with van der Waals surface area (Å²) in [5.41, 5.74) is 9.36. The van der Waals surface area contributed by atoms with E-state index in [2.05, 4.69) is 50.0 Å². The Labute approximate surface area is 158 Å². The van der Waals surface area contributed by atoms with E-state index in [0.717, 1.165) is 11.3 Å². The van der Waals surface area contributed by atoms with Gasteiger partial charge in [-0.25, -0.2) is 9.97 Å². The highest BCUT2D eigenvalue weighted by atomic mass is 16.2. The molecule has 3 heterocycles. The van der Waals surface area contributed by atoms with Crippen molar-refractivity contribution in [2.45, 2.75) is 41.2 Å². The number of amides is 1. The number of carbonyl (C=O) groups is 1. The van der Waals surface area contributed by atoms with E-state index >= 15 is 0 Å². The van der Waals surface area contributed by atoms with Crippen LogP contribution in [0.15, 0.2) is 18.3 Å². The normalized spacial score (nSPS) is 13.4. The third kappa shape index (κ3) is 2.72. The van der Waals surface area contributed by atoms with Crippen LogP contribution in [0.1, 0.15) is 38.3 Å². The summed E-state index contributed by atoms with van der Waals surface area (Å²) in [6, 6.07) is 3.64. The van der Waals surface area contributed by atoms with Gasteiger partial charge in [-0.3, -0.25) is 9.48 Å². The largest absolute Gasteiger partial charge is 0.349 e. The van der Waals surface area contributed by atoms with Crippen molar-refractivity contribution in [3.05, 3.63) is 51.8 Å². The summed E-state index contributed by atoms with van der Waals surface area (Å²) < 4.78 is 1.74. The molecule has 0 fully saturated rings. The topological polar surface area (TPSA) is 72.7 Å². The predicted molar refractivity (Wildman–Crippen MR) is 105 cm³/mol. The first kappa shape index (κ1) is 17.4. The van der Waals surface area contributed by atoms with Gasteiger partial charge in [-0.1, -0.05) is 0 Å². The second-order valence-corrected chi connectivity index (χ2v) is 7.16. The summed E-state index contributed by atoms with van der Waals surface area (Å²) in [5.74, 6) is 0.606. The Kier molecular flexibility index (Phi) is 4.06. The van der Waals surface area contributed by atoms with E-state index in [0.29, 0.717) is 30.3 Å². The number of fused-ring (bicyclic) bond motifs is 1. The van der Waals surface area contributed by atoms with Crippen molar-refractivity contribution in [1.82, 2.24) is 25.1 Å². The lowest BCUT2D eigenvalue weighted by molar-refractivity contribution is 0.0924. The van der Waals surface area contributed by atoms with Crippen molar-refractivity contribution >= 4 is 5.91 Å². The molecule has 27 heavy (non-hydrogen) atoms. The predicted octanol–water partition coefficient (Wildman–Crippen LogP) is 3.29. The van der Waals surface area contributed by atoms with Gasteiger partial charge in [-0.15, -0.1) is 0 Å². The van der Waals surface area contributed by atoms with E-state index in [1.54, 1.807) is 16.9 Å². The molecule has 6 heteroatoms. The van der Waals surface area contributed by atoms with E-state index in [1.165, 1.54) is 27.8 Å². The van der Waals surface area contributed by atoms with Crippen molar-refractivity contribution < 1.29 is 4.79 Å². The first-order valence-corrected chi connectivity index (χ1v) is 9.15. The molecule has 4 rings (SSSR count). The number of nitrogens with zero attached hydrogens (tertiary/aromatic N) is 4. The molecule has 6 nitrogen and oxygen atoms in total. The fraction of sp³-hybridized carbons (Fsp3) is 0.333. The van der Waals surface area contributed by atoms with Crippen LogP contribution in [0.25, 0.3) is 22.8 Å². The molecular weight excluding hydrogens is 338 g/mol. The van der Waals surface area contributed by atoms with Crippen molar-refractivity contribution in [3.63, 3.8) is 0 Å². The lowest BCUT2D eigenvalue weighted by Crippen LogP contribution is -2.35. The maximum absolute atomic E-state index is 12.0. The average molecular weight is 361 g/mol. The van der Waals surface area contributed by atoms with Crippen LogP contribution in [0.2, 0.25) is 0 Å². The first-order valence-electron chi connectivity index (χ1n) is 9.15. The first-order chi connectivity index (χ1) is 12.9. The van der Waals surface area contributed by atoms with Crippen LogP contribution in [0, 0.1) is 34.6 Å². The van der Waals surface area contributed by atoms with Crippen molar-refractivity contribution in [1.29, 1.82) is 0 Å². The van der Waals surface area contributed by atoms with Crippen LogP contribution in [0.5, 0.6) is 0 Å². The Bertz CT molecular complexity index is 1050. The highest BCUT2D eigenvalue weighted by Crippen LogP contribution is 2.33. The van der Waals surface area contributed by atoms with E-state index in [4.69, 9.17) is 4.98 Å². The molecule has 0 unspecified atom stereocenters. The van der Waals surface area contributed by atoms with Gasteiger partial charge in [-0.05, 0) is 74.6 Å². The van der Waals surface area contributed by atoms with Crippen LogP contribution in [-0.4, -0.2) is 32.2 Å². The van der Waals surface area contributed by atoms with Gasteiger partial charge in [0.2, 0.25) is 0 Å². The van der Waals surface area contributed by atoms with E-state index in [9.17, 15) is 4.79 Å². The minimum Gasteiger partial charge on any atom is -0.349 e. The zero-order valence-corrected chi connectivity index (χ0v) is 16.3. The van der Waals surface area contributed by atoms with Crippen molar-refractivity contribution in [2.75, 3.05) is 6.54 Å². The highest BCUT2D eigenvalue weighted by Gasteiger charge is 2.21. The van der Waals surface area contributed by atoms with Crippen molar-refractivity contribution in [3.8, 4) is 22.8 Å². The van der Waals surface area contributed by atoms with Gasteiger partial charge < -0.3 is 5.32 Å². The monoisotopic (exact) mass is 361 g/mol. The van der Waals surface area contributed by atoms with Gasteiger partial charge >= 0.3 is 0 Å². The molecule has 1 aromatic carbocycles. The minimum absolute atomic E-state index is 0.0919. The molecule has 0 radical (unpaired) electrons. The smallest absolute Gasteiger partial charge is 0.269 e. The molecule has 1 aliphatic rings. The van der Waals surface area contributed by atoms with Gasteiger partial charge in [-0.2, -0.15) is 5.10 Å². The van der Waals surface area contributed by atoms with Crippen LogP contribution in [0.3, 0.4) is 0 Å². The number of nitrogens with one attached hydrogen (secondary N) is 1. The second kappa shape index (κ2) is 6.30. The quantitative estimate of drug-likeness (QED) is 0.760. The van der Waals surface area contributed by atoms with Crippen LogP contribution < -0.4 is 5.32 Å². The molecular formula is C21H23N5O. The minimum atomic E-state index is -0.0919. The third-order valence-electron chi connectivity index (χ3n) is 5.76. The summed E-state index contributed by atoms with van der Waals surface area (Å²) >= 11 is 0. The van der Waals surface area contributed by atoms with Gasteiger partial charge in [0.1, 0.15) is 11.4 Å². The summed E-state index contributed by atoms with van der Waals surface area (Å²) in [6.45, 7) is 12.0. The standard InChI is InChI=1S/C21H23N5O/c1-11-12(2)14(4)19(15(5)13(11)3)20-22-7-6-16(24-20)17-10-18-21(27)23-8-9-26(18)25-17/h6-7,10H,8-9H2,1-5H3,(H,23,27). The summed E-state index contributed by atoms with van der Waals surface area (Å²) in [6.07, 6.45) is 1.76. The van der Waals surface area contributed by atoms with Crippen LogP contribution >= 0.6 is 0 Å². The Morgan fingerprint density at radius 3 is 2.30 bits per heavy atom. The maximum atomic E-state index is 12.0. The summed E-state index contributed by atoms with van der Waals surface area (Å²) in [7, 11) is 0. The Morgan fingerprint density at radius 1 is 0.963 bits per heavy atom. The number of rotatable bonds is 2. The van der Waals surface area contributed by atoms with E-state index in [-0.39, 0.29) is 5.91 Å². The number of benzene rings is 1. The van der Waals surface area contributed by atoms with E-state index in [1.807, 2.05) is 6.07 Å². The van der Waals surface area contributed by atoms with Gasteiger partial charge in [0.25, 0.3) is 5.91 Å². The molecule has 0 spiro atoms. The Morgan fingerprint density at radius 2 is 1.63 bits per heavy atom. The number of aromatic nitrogens is 4. The molecule has 1 aliphatic heterocycles. The number of hydrogen-bond acceptors (Lipinski definition) is 4. The SMILES string of the molecule is Cc1c(C)c(C)c(-c2nccc(-c3cc4n(n3)CCNC4=O)n2)c(C)c1C.